The summed E-state index contributed by atoms with van der Waals surface area (Å²) in [5.41, 5.74) is 0.975. The van der Waals surface area contributed by atoms with Crippen molar-refractivity contribution in [2.75, 3.05) is 30.3 Å². The summed E-state index contributed by atoms with van der Waals surface area (Å²) in [7, 11) is -3.18. The minimum absolute atomic E-state index is 0.114. The van der Waals surface area contributed by atoms with E-state index >= 15 is 0 Å². The maximum absolute atomic E-state index is 11.8. The Morgan fingerprint density at radius 2 is 2.12 bits per heavy atom. The molecule has 4 atom stereocenters. The Bertz CT molecular complexity index is 767. The molecular formula is C18H28N4O3S. The van der Waals surface area contributed by atoms with Crippen LogP contribution in [0.25, 0.3) is 0 Å². The van der Waals surface area contributed by atoms with E-state index in [1.54, 1.807) is 6.92 Å². The molecule has 144 valence electrons. The van der Waals surface area contributed by atoms with E-state index < -0.39 is 10.0 Å². The second-order valence-electron chi connectivity index (χ2n) is 8.13. The van der Waals surface area contributed by atoms with Gasteiger partial charge in [-0.25, -0.2) is 23.1 Å². The van der Waals surface area contributed by atoms with Crippen LogP contribution in [0.1, 0.15) is 45.1 Å². The molecule has 8 heteroatoms. The highest BCUT2D eigenvalue weighted by Crippen LogP contribution is 2.54. The molecule has 0 aliphatic carbocycles. The summed E-state index contributed by atoms with van der Waals surface area (Å²) in [6.07, 6.45) is 6.04. The van der Waals surface area contributed by atoms with Gasteiger partial charge in [0, 0.05) is 37.3 Å². The molecule has 26 heavy (non-hydrogen) atoms. The number of nitrogens with one attached hydrogen (secondary N) is 1. The molecule has 0 unspecified atom stereocenters. The number of anilines is 1. The molecule has 4 heterocycles. The second kappa shape index (κ2) is 6.42. The molecule has 1 aromatic heterocycles. The molecule has 0 aromatic carbocycles. The van der Waals surface area contributed by atoms with Crippen LogP contribution in [-0.4, -0.2) is 55.5 Å². The lowest BCUT2D eigenvalue weighted by Crippen LogP contribution is -2.42. The van der Waals surface area contributed by atoms with Crippen molar-refractivity contribution in [1.82, 2.24) is 14.7 Å². The van der Waals surface area contributed by atoms with E-state index in [1.165, 1.54) is 0 Å². The average Bonchev–Trinajstić information content (AvgIpc) is 3.28. The van der Waals surface area contributed by atoms with Crippen LogP contribution in [0, 0.1) is 11.8 Å². The summed E-state index contributed by atoms with van der Waals surface area (Å²) in [5, 5.41) is 0. The zero-order valence-electron chi connectivity index (χ0n) is 15.7. The van der Waals surface area contributed by atoms with Crippen molar-refractivity contribution in [3.63, 3.8) is 0 Å². The maximum atomic E-state index is 11.8. The van der Waals surface area contributed by atoms with Crippen molar-refractivity contribution in [2.24, 2.45) is 11.8 Å². The molecule has 0 saturated carbocycles. The topological polar surface area (TPSA) is 84.4 Å². The predicted molar refractivity (Wildman–Crippen MR) is 99.6 cm³/mol. The number of aromatic nitrogens is 2. The van der Waals surface area contributed by atoms with E-state index in [-0.39, 0.29) is 23.4 Å². The van der Waals surface area contributed by atoms with Crippen LogP contribution in [0.15, 0.2) is 12.4 Å². The second-order valence-corrected chi connectivity index (χ2v) is 10.2. The lowest BCUT2D eigenvalue weighted by atomic mass is 9.74. The quantitative estimate of drug-likeness (QED) is 0.806. The van der Waals surface area contributed by atoms with E-state index in [0.717, 1.165) is 37.4 Å². The maximum Gasteiger partial charge on any atom is 0.225 e. The van der Waals surface area contributed by atoms with Gasteiger partial charge in [0.15, 0.2) is 0 Å². The highest BCUT2D eigenvalue weighted by molar-refractivity contribution is 7.89. The van der Waals surface area contributed by atoms with Gasteiger partial charge in [0.1, 0.15) is 0 Å². The molecule has 0 amide bonds. The van der Waals surface area contributed by atoms with Gasteiger partial charge in [-0.05, 0) is 31.2 Å². The van der Waals surface area contributed by atoms with Crippen molar-refractivity contribution < 1.29 is 13.2 Å². The third-order valence-corrected chi connectivity index (χ3v) is 7.68. The van der Waals surface area contributed by atoms with Crippen LogP contribution in [0.4, 0.5) is 5.95 Å². The standard InChI is InChI=1S/C18H28N4O3S/c1-4-26(23,24)21-9-14-15-10-22(11-18(15)6-5-16(14)25-18)17-19-7-13(8-20-17)12(2)3/h7-8,12,14-16,21H,4-6,9-11H2,1-3H3/t14-,15+,16+,18+/m0/s1. The Hall–Kier alpha value is -1.25. The smallest absolute Gasteiger partial charge is 0.225 e. The number of ether oxygens (including phenoxy) is 1. The fraction of sp³-hybridized carbons (Fsp3) is 0.778. The van der Waals surface area contributed by atoms with E-state index in [0.29, 0.717) is 18.4 Å². The summed E-state index contributed by atoms with van der Waals surface area (Å²) in [6, 6.07) is 0. The number of nitrogens with zero attached hydrogens (tertiary/aromatic N) is 3. The highest BCUT2D eigenvalue weighted by Gasteiger charge is 2.63. The molecule has 1 spiro atoms. The SMILES string of the molecule is CCS(=O)(=O)NC[C@H]1[C@H]2CN(c3ncc(C(C)C)cn3)C[C@]23CC[C@H]1O3. The Labute approximate surface area is 155 Å². The lowest BCUT2D eigenvalue weighted by Gasteiger charge is -2.29. The van der Waals surface area contributed by atoms with E-state index in [9.17, 15) is 8.42 Å². The molecule has 3 fully saturated rings. The van der Waals surface area contributed by atoms with Crippen molar-refractivity contribution >= 4 is 16.0 Å². The zero-order chi connectivity index (χ0) is 18.5. The Balaban J connectivity index is 1.49. The molecule has 3 aliphatic rings. The molecule has 1 N–H and O–H groups in total. The lowest BCUT2D eigenvalue weighted by molar-refractivity contribution is 0.0141. The van der Waals surface area contributed by atoms with Crippen LogP contribution in [0.5, 0.6) is 0 Å². The zero-order valence-corrected chi connectivity index (χ0v) is 16.5. The molecule has 4 rings (SSSR count). The van der Waals surface area contributed by atoms with Gasteiger partial charge in [0.25, 0.3) is 0 Å². The first-order valence-electron chi connectivity index (χ1n) is 9.55. The summed E-state index contributed by atoms with van der Waals surface area (Å²) in [4.78, 5) is 11.3. The van der Waals surface area contributed by atoms with Crippen LogP contribution < -0.4 is 9.62 Å². The number of hydrogen-bond acceptors (Lipinski definition) is 6. The monoisotopic (exact) mass is 380 g/mol. The Morgan fingerprint density at radius 3 is 2.77 bits per heavy atom. The van der Waals surface area contributed by atoms with Crippen molar-refractivity contribution in [3.8, 4) is 0 Å². The van der Waals surface area contributed by atoms with E-state index in [1.807, 2.05) is 12.4 Å². The molecule has 0 radical (unpaired) electrons. The van der Waals surface area contributed by atoms with Gasteiger partial charge in [-0.2, -0.15) is 0 Å². The van der Waals surface area contributed by atoms with E-state index in [2.05, 4.69) is 33.4 Å². The Morgan fingerprint density at radius 1 is 1.38 bits per heavy atom. The molecule has 7 nitrogen and oxygen atoms in total. The third-order valence-electron chi connectivity index (χ3n) is 6.31. The minimum Gasteiger partial charge on any atom is -0.369 e. The molecule has 1 aromatic rings. The molecule has 3 saturated heterocycles. The first-order valence-corrected chi connectivity index (χ1v) is 11.2. The van der Waals surface area contributed by atoms with Crippen LogP contribution in [-0.2, 0) is 14.8 Å². The van der Waals surface area contributed by atoms with Crippen molar-refractivity contribution in [1.29, 1.82) is 0 Å². The molecule has 3 aliphatic heterocycles. The normalized spacial score (nSPS) is 33.2. The summed E-state index contributed by atoms with van der Waals surface area (Å²) in [6.45, 7) is 8.02. The van der Waals surface area contributed by atoms with Crippen LogP contribution in [0.3, 0.4) is 0 Å². The first-order chi connectivity index (χ1) is 12.3. The van der Waals surface area contributed by atoms with Crippen LogP contribution >= 0.6 is 0 Å². The summed E-state index contributed by atoms with van der Waals surface area (Å²) < 4.78 is 32.8. The largest absolute Gasteiger partial charge is 0.369 e. The predicted octanol–water partition coefficient (Wildman–Crippen LogP) is 1.52. The third kappa shape index (κ3) is 3.01. The Kier molecular flexibility index (Phi) is 4.48. The molecular weight excluding hydrogens is 352 g/mol. The number of fused-ring (bicyclic) bond motifs is 1. The van der Waals surface area contributed by atoms with Gasteiger partial charge in [0.05, 0.1) is 24.0 Å². The number of hydrogen-bond donors (Lipinski definition) is 1. The van der Waals surface area contributed by atoms with Crippen molar-refractivity contribution in [3.05, 3.63) is 18.0 Å². The first kappa shape index (κ1) is 18.1. The summed E-state index contributed by atoms with van der Waals surface area (Å²) in [5.74, 6) is 1.83. The highest BCUT2D eigenvalue weighted by atomic mass is 32.2. The number of rotatable bonds is 6. The van der Waals surface area contributed by atoms with Gasteiger partial charge >= 0.3 is 0 Å². The van der Waals surface area contributed by atoms with Gasteiger partial charge in [0.2, 0.25) is 16.0 Å². The van der Waals surface area contributed by atoms with Gasteiger partial charge in [-0.15, -0.1) is 0 Å². The van der Waals surface area contributed by atoms with Gasteiger partial charge < -0.3 is 9.64 Å². The van der Waals surface area contributed by atoms with Crippen LogP contribution in [0.2, 0.25) is 0 Å². The fourth-order valence-electron chi connectivity index (χ4n) is 4.73. The van der Waals surface area contributed by atoms with Crippen molar-refractivity contribution in [2.45, 2.75) is 51.2 Å². The minimum atomic E-state index is -3.18. The fourth-order valence-corrected chi connectivity index (χ4v) is 5.38. The summed E-state index contributed by atoms with van der Waals surface area (Å²) >= 11 is 0. The van der Waals surface area contributed by atoms with Gasteiger partial charge in [-0.1, -0.05) is 13.8 Å². The average molecular weight is 381 g/mol. The molecule has 2 bridgehead atoms. The van der Waals surface area contributed by atoms with Gasteiger partial charge in [-0.3, -0.25) is 0 Å². The number of sulfonamides is 1. The van der Waals surface area contributed by atoms with E-state index in [4.69, 9.17) is 4.74 Å².